The smallest absolute Gasteiger partial charge is 0.383 e. The number of imidazole rings is 1. The summed E-state index contributed by atoms with van der Waals surface area (Å²) in [5.74, 6) is 0.329. The van der Waals surface area contributed by atoms with Crippen LogP contribution in [-0.4, -0.2) is 14.5 Å². The number of pyridine rings is 1. The maximum atomic E-state index is 12.7. The fraction of sp³-hybridized carbons (Fsp3) is 0.143. The van der Waals surface area contributed by atoms with Gasteiger partial charge < -0.3 is 16.0 Å². The zero-order valence-electron chi connectivity index (χ0n) is 11.5. The van der Waals surface area contributed by atoms with Crippen molar-refractivity contribution in [2.75, 3.05) is 11.5 Å². The molecule has 0 aliphatic carbocycles. The number of alkyl halides is 3. The Morgan fingerprint density at radius 2 is 2.05 bits per heavy atom. The lowest BCUT2D eigenvalue weighted by Crippen LogP contribution is -2.11. The van der Waals surface area contributed by atoms with Crippen LogP contribution in [-0.2, 0) is 12.6 Å². The molecule has 0 saturated heterocycles. The predicted octanol–water partition coefficient (Wildman–Crippen LogP) is 2.82. The van der Waals surface area contributed by atoms with Crippen molar-refractivity contribution >= 4 is 23.9 Å². The van der Waals surface area contributed by atoms with E-state index in [1.54, 1.807) is 22.9 Å². The molecule has 4 N–H and O–H groups in total. The van der Waals surface area contributed by atoms with Gasteiger partial charge >= 0.3 is 6.18 Å². The molecule has 2 aromatic rings. The lowest BCUT2D eigenvalue weighted by atomic mass is 10.1. The average Bonchev–Trinajstić information content (AvgIpc) is 2.79. The quantitative estimate of drug-likeness (QED) is 0.909. The topological polar surface area (TPSA) is 82.8 Å². The second-order valence-corrected chi connectivity index (χ2v) is 4.49. The van der Waals surface area contributed by atoms with E-state index in [1.807, 2.05) is 0 Å². The number of nitrogens with two attached hydrogens (primary N) is 2. The van der Waals surface area contributed by atoms with Gasteiger partial charge in [-0.15, -0.1) is 0 Å². The minimum atomic E-state index is -4.52. The van der Waals surface area contributed by atoms with Crippen LogP contribution < -0.4 is 11.5 Å². The Labute approximate surface area is 124 Å². The summed E-state index contributed by atoms with van der Waals surface area (Å²) in [5, 5.41) is 0. The van der Waals surface area contributed by atoms with Crippen molar-refractivity contribution in [2.24, 2.45) is 0 Å². The number of halogens is 3. The molecule has 0 spiro atoms. The Kier molecular flexibility index (Phi) is 4.20. The summed E-state index contributed by atoms with van der Waals surface area (Å²) < 4.78 is 39.8. The molecule has 5 nitrogen and oxygen atoms in total. The van der Waals surface area contributed by atoms with Crippen LogP contribution in [0.4, 0.5) is 24.8 Å². The zero-order valence-corrected chi connectivity index (χ0v) is 11.5. The summed E-state index contributed by atoms with van der Waals surface area (Å²) in [6, 6.07) is 0.987. The molecule has 0 fully saturated rings. The van der Waals surface area contributed by atoms with Gasteiger partial charge in [0.25, 0.3) is 0 Å². The standard InChI is InChI=1S/C14H14F3N5/c1-2-22-8-11(18)21-12(22)5-3-4-9-6-10(14(15,16)17)13(19)20-7-9/h2-3,5-8H,1,4,18H2,(H2,19,20)/b5-3-. The maximum absolute atomic E-state index is 12.7. The van der Waals surface area contributed by atoms with Gasteiger partial charge in [0.1, 0.15) is 17.5 Å². The van der Waals surface area contributed by atoms with Crippen molar-refractivity contribution < 1.29 is 13.2 Å². The molecular weight excluding hydrogens is 295 g/mol. The van der Waals surface area contributed by atoms with Gasteiger partial charge in [-0.2, -0.15) is 13.2 Å². The Morgan fingerprint density at radius 3 is 2.68 bits per heavy atom. The Morgan fingerprint density at radius 1 is 1.32 bits per heavy atom. The average molecular weight is 309 g/mol. The number of hydrogen-bond acceptors (Lipinski definition) is 4. The molecule has 22 heavy (non-hydrogen) atoms. The molecule has 2 rings (SSSR count). The molecule has 0 aliphatic rings. The molecule has 116 valence electrons. The summed E-state index contributed by atoms with van der Waals surface area (Å²) >= 11 is 0. The van der Waals surface area contributed by atoms with E-state index in [-0.39, 0.29) is 6.42 Å². The van der Waals surface area contributed by atoms with E-state index in [0.717, 1.165) is 6.07 Å². The van der Waals surface area contributed by atoms with Gasteiger partial charge in [-0.1, -0.05) is 12.7 Å². The van der Waals surface area contributed by atoms with Crippen molar-refractivity contribution in [2.45, 2.75) is 12.6 Å². The van der Waals surface area contributed by atoms with E-state index in [0.29, 0.717) is 17.2 Å². The van der Waals surface area contributed by atoms with Crippen molar-refractivity contribution in [1.29, 1.82) is 0 Å². The molecular formula is C14H14F3N5. The second kappa shape index (κ2) is 5.92. The van der Waals surface area contributed by atoms with E-state index < -0.39 is 17.6 Å². The summed E-state index contributed by atoms with van der Waals surface area (Å²) in [4.78, 5) is 7.63. The van der Waals surface area contributed by atoms with Crippen LogP contribution in [0.15, 0.2) is 31.1 Å². The zero-order chi connectivity index (χ0) is 16.3. The number of anilines is 2. The van der Waals surface area contributed by atoms with Gasteiger partial charge in [-0.3, -0.25) is 0 Å². The third-order valence-corrected chi connectivity index (χ3v) is 2.88. The van der Waals surface area contributed by atoms with Crippen LogP contribution in [0.1, 0.15) is 17.0 Å². The minimum Gasteiger partial charge on any atom is -0.383 e. The van der Waals surface area contributed by atoms with E-state index in [9.17, 15) is 13.2 Å². The van der Waals surface area contributed by atoms with E-state index in [4.69, 9.17) is 11.5 Å². The van der Waals surface area contributed by atoms with Crippen LogP contribution in [0.5, 0.6) is 0 Å². The molecule has 0 unspecified atom stereocenters. The number of allylic oxidation sites excluding steroid dienone is 1. The number of aromatic nitrogens is 3. The van der Waals surface area contributed by atoms with Crippen molar-refractivity contribution in [3.63, 3.8) is 0 Å². The number of nitrogen functional groups attached to an aromatic ring is 2. The number of hydrogen-bond donors (Lipinski definition) is 2. The normalized spacial score (nSPS) is 12.0. The number of nitrogens with zero attached hydrogens (tertiary/aromatic N) is 3. The van der Waals surface area contributed by atoms with Crippen molar-refractivity contribution in [1.82, 2.24) is 14.5 Å². The highest BCUT2D eigenvalue weighted by atomic mass is 19.4. The summed E-state index contributed by atoms with van der Waals surface area (Å²) in [7, 11) is 0. The molecule has 0 bridgehead atoms. The first-order valence-corrected chi connectivity index (χ1v) is 6.26. The van der Waals surface area contributed by atoms with E-state index in [2.05, 4.69) is 16.5 Å². The lowest BCUT2D eigenvalue weighted by molar-refractivity contribution is -0.137. The third kappa shape index (κ3) is 3.46. The van der Waals surface area contributed by atoms with Gasteiger partial charge in [0.05, 0.1) is 11.8 Å². The van der Waals surface area contributed by atoms with Gasteiger partial charge in [0.15, 0.2) is 0 Å². The van der Waals surface area contributed by atoms with Crippen LogP contribution >= 0.6 is 0 Å². The van der Waals surface area contributed by atoms with Crippen LogP contribution in [0.3, 0.4) is 0 Å². The largest absolute Gasteiger partial charge is 0.419 e. The first-order chi connectivity index (χ1) is 10.3. The molecule has 0 atom stereocenters. The van der Waals surface area contributed by atoms with Gasteiger partial charge in [-0.05, 0) is 24.1 Å². The molecule has 2 heterocycles. The minimum absolute atomic E-state index is 0.250. The summed E-state index contributed by atoms with van der Waals surface area (Å²) in [5.41, 5.74) is 10.3. The van der Waals surface area contributed by atoms with Crippen molar-refractivity contribution in [3.8, 4) is 0 Å². The lowest BCUT2D eigenvalue weighted by Gasteiger charge is -2.10. The van der Waals surface area contributed by atoms with Gasteiger partial charge in [0.2, 0.25) is 0 Å². The van der Waals surface area contributed by atoms with Crippen molar-refractivity contribution in [3.05, 3.63) is 48.1 Å². The van der Waals surface area contributed by atoms with E-state index >= 15 is 0 Å². The van der Waals surface area contributed by atoms with Crippen LogP contribution in [0.2, 0.25) is 0 Å². The summed E-state index contributed by atoms with van der Waals surface area (Å²) in [6.45, 7) is 3.60. The Balaban J connectivity index is 2.18. The van der Waals surface area contributed by atoms with Gasteiger partial charge in [-0.25, -0.2) is 9.97 Å². The Bertz CT molecular complexity index is 716. The molecule has 0 aliphatic heterocycles. The SMILES string of the molecule is C=Cn1cc(N)nc1/C=C\Cc1cnc(N)c(C(F)(F)F)c1. The highest BCUT2D eigenvalue weighted by Crippen LogP contribution is 2.32. The Hall–Kier alpha value is -2.77. The summed E-state index contributed by atoms with van der Waals surface area (Å²) in [6.07, 6.45) is 3.44. The highest BCUT2D eigenvalue weighted by Gasteiger charge is 2.33. The second-order valence-electron chi connectivity index (χ2n) is 4.49. The van der Waals surface area contributed by atoms with Crippen LogP contribution in [0, 0.1) is 0 Å². The number of rotatable bonds is 4. The maximum Gasteiger partial charge on any atom is 0.419 e. The van der Waals surface area contributed by atoms with Gasteiger partial charge in [0, 0.05) is 12.4 Å². The first-order valence-electron chi connectivity index (χ1n) is 6.26. The molecule has 0 aromatic carbocycles. The molecule has 0 radical (unpaired) electrons. The van der Waals surface area contributed by atoms with Crippen LogP contribution in [0.25, 0.3) is 12.3 Å². The molecule has 0 saturated carbocycles. The third-order valence-electron chi connectivity index (χ3n) is 2.88. The fourth-order valence-electron chi connectivity index (χ4n) is 1.85. The monoisotopic (exact) mass is 309 g/mol. The molecule has 2 aromatic heterocycles. The molecule has 8 heteroatoms. The predicted molar refractivity (Wildman–Crippen MR) is 79.4 cm³/mol. The van der Waals surface area contributed by atoms with E-state index in [1.165, 1.54) is 12.4 Å². The first kappa shape index (κ1) is 15.6. The fourth-order valence-corrected chi connectivity index (χ4v) is 1.85. The molecule has 0 amide bonds. The highest BCUT2D eigenvalue weighted by molar-refractivity contribution is 5.50.